The fourth-order valence-electron chi connectivity index (χ4n) is 3.23. The van der Waals surface area contributed by atoms with Crippen LogP contribution >= 0.6 is 0 Å². The van der Waals surface area contributed by atoms with Crippen LogP contribution < -0.4 is 5.32 Å². The first-order valence-corrected chi connectivity index (χ1v) is 11.2. The zero-order valence-corrected chi connectivity index (χ0v) is 17.9. The molecule has 0 amide bonds. The molecule has 0 aliphatic rings. The summed E-state index contributed by atoms with van der Waals surface area (Å²) < 4.78 is 45.9. The molecule has 5 nitrogen and oxygen atoms in total. The quantitative estimate of drug-likeness (QED) is 0.387. The lowest BCUT2D eigenvalue weighted by Crippen LogP contribution is -2.10. The predicted molar refractivity (Wildman–Crippen MR) is 117 cm³/mol. The van der Waals surface area contributed by atoms with Crippen molar-refractivity contribution < 1.29 is 17.2 Å². The van der Waals surface area contributed by atoms with E-state index < -0.39 is 15.7 Å². The molecule has 0 spiro atoms. The Kier molecular flexibility index (Phi) is 5.61. The summed E-state index contributed by atoms with van der Waals surface area (Å²) in [6.45, 7) is 3.83. The summed E-state index contributed by atoms with van der Waals surface area (Å²) in [6.07, 6.45) is 0. The highest BCUT2D eigenvalue weighted by molar-refractivity contribution is 7.91. The number of hydrogen-bond acceptors (Lipinski definition) is 5. The summed E-state index contributed by atoms with van der Waals surface area (Å²) in [5, 5.41) is 2.90. The Morgan fingerprint density at radius 2 is 1.68 bits per heavy atom. The standard InChI is InChI=1S/C24H21FN2O3S/c1-16-7-6-10-19(15-16)22-27-24(31(28,29)21-13-11-20(25)12-14-21)23(30-22)26-17(2)18-8-4-3-5-9-18/h3-15,17,26H,1-2H3. The van der Waals surface area contributed by atoms with E-state index >= 15 is 0 Å². The number of nitrogens with zero attached hydrogens (tertiary/aromatic N) is 1. The van der Waals surface area contributed by atoms with Crippen molar-refractivity contribution in [2.75, 3.05) is 5.32 Å². The second-order valence-corrected chi connectivity index (χ2v) is 9.12. The zero-order valence-electron chi connectivity index (χ0n) is 17.0. The molecular weight excluding hydrogens is 415 g/mol. The van der Waals surface area contributed by atoms with Crippen molar-refractivity contribution in [3.63, 3.8) is 0 Å². The normalized spacial score (nSPS) is 12.5. The van der Waals surface area contributed by atoms with Crippen molar-refractivity contribution >= 4 is 15.7 Å². The van der Waals surface area contributed by atoms with Gasteiger partial charge in [-0.3, -0.25) is 0 Å². The molecule has 3 aromatic carbocycles. The lowest BCUT2D eigenvalue weighted by Gasteiger charge is -2.14. The van der Waals surface area contributed by atoms with Crippen LogP contribution in [-0.4, -0.2) is 13.4 Å². The fraction of sp³-hybridized carbons (Fsp3) is 0.125. The Morgan fingerprint density at radius 3 is 2.35 bits per heavy atom. The highest BCUT2D eigenvalue weighted by Crippen LogP contribution is 2.34. The number of rotatable bonds is 6. The Balaban J connectivity index is 1.81. The van der Waals surface area contributed by atoms with Crippen LogP contribution in [0.4, 0.5) is 10.3 Å². The van der Waals surface area contributed by atoms with Crippen LogP contribution in [0, 0.1) is 12.7 Å². The third kappa shape index (κ3) is 4.36. The van der Waals surface area contributed by atoms with Crippen LogP contribution in [0.25, 0.3) is 11.5 Å². The number of anilines is 1. The van der Waals surface area contributed by atoms with Crippen molar-refractivity contribution in [1.29, 1.82) is 0 Å². The van der Waals surface area contributed by atoms with E-state index in [9.17, 15) is 12.8 Å². The van der Waals surface area contributed by atoms with Crippen molar-refractivity contribution in [3.8, 4) is 11.5 Å². The predicted octanol–water partition coefficient (Wildman–Crippen LogP) is 5.80. The number of nitrogens with one attached hydrogen (secondary N) is 1. The van der Waals surface area contributed by atoms with Gasteiger partial charge in [-0.2, -0.15) is 4.98 Å². The molecule has 31 heavy (non-hydrogen) atoms. The Morgan fingerprint density at radius 1 is 0.968 bits per heavy atom. The molecule has 1 unspecified atom stereocenters. The van der Waals surface area contributed by atoms with E-state index in [4.69, 9.17) is 4.42 Å². The van der Waals surface area contributed by atoms with Gasteiger partial charge in [-0.25, -0.2) is 12.8 Å². The fourth-order valence-corrected chi connectivity index (χ4v) is 4.49. The molecule has 1 aromatic heterocycles. The zero-order chi connectivity index (χ0) is 22.0. The topological polar surface area (TPSA) is 72.2 Å². The van der Waals surface area contributed by atoms with Gasteiger partial charge in [0.15, 0.2) is 0 Å². The van der Waals surface area contributed by atoms with E-state index in [2.05, 4.69) is 10.3 Å². The van der Waals surface area contributed by atoms with Gasteiger partial charge >= 0.3 is 0 Å². The first kappa shape index (κ1) is 20.8. The third-order valence-corrected chi connectivity index (χ3v) is 6.57. The first-order chi connectivity index (χ1) is 14.8. The van der Waals surface area contributed by atoms with E-state index in [1.165, 1.54) is 12.1 Å². The molecule has 1 heterocycles. The number of hydrogen-bond donors (Lipinski definition) is 1. The molecule has 7 heteroatoms. The average molecular weight is 437 g/mol. The molecular formula is C24H21FN2O3S. The van der Waals surface area contributed by atoms with Crippen LogP contribution in [0.15, 0.2) is 93.2 Å². The van der Waals surface area contributed by atoms with Gasteiger partial charge in [-0.1, -0.05) is 48.0 Å². The maximum Gasteiger partial charge on any atom is 0.234 e. The minimum Gasteiger partial charge on any atom is -0.419 e. The number of sulfone groups is 1. The number of halogens is 1. The van der Waals surface area contributed by atoms with Gasteiger partial charge in [0.1, 0.15) is 5.82 Å². The average Bonchev–Trinajstić information content (AvgIpc) is 3.19. The summed E-state index contributed by atoms with van der Waals surface area (Å²) in [4.78, 5) is 4.27. The second-order valence-electron chi connectivity index (χ2n) is 7.26. The van der Waals surface area contributed by atoms with Crippen LogP contribution in [0.1, 0.15) is 24.1 Å². The Bertz CT molecular complexity index is 1300. The smallest absolute Gasteiger partial charge is 0.234 e. The van der Waals surface area contributed by atoms with Gasteiger partial charge in [0.2, 0.25) is 26.6 Å². The minimum atomic E-state index is -4.05. The van der Waals surface area contributed by atoms with Gasteiger partial charge in [0.05, 0.1) is 10.9 Å². The molecule has 0 aliphatic carbocycles. The maximum absolute atomic E-state index is 13.3. The molecule has 0 fully saturated rings. The molecule has 0 saturated carbocycles. The van der Waals surface area contributed by atoms with Gasteiger partial charge in [0.25, 0.3) is 0 Å². The molecule has 0 radical (unpaired) electrons. The van der Waals surface area contributed by atoms with Crippen LogP contribution in [0.3, 0.4) is 0 Å². The molecule has 4 aromatic rings. The number of aryl methyl sites for hydroxylation is 1. The van der Waals surface area contributed by atoms with Crippen molar-refractivity contribution in [2.45, 2.75) is 29.8 Å². The SMILES string of the molecule is Cc1cccc(-c2nc(S(=O)(=O)c3ccc(F)cc3)c(NC(C)c3ccccc3)o2)c1. The summed E-state index contributed by atoms with van der Waals surface area (Å²) in [5.41, 5.74) is 2.61. The monoisotopic (exact) mass is 436 g/mol. The minimum absolute atomic E-state index is 0.0391. The summed E-state index contributed by atoms with van der Waals surface area (Å²) in [5.74, 6) is -0.292. The van der Waals surface area contributed by atoms with Crippen molar-refractivity contribution in [3.05, 3.63) is 95.8 Å². The molecule has 0 aliphatic heterocycles. The van der Waals surface area contributed by atoms with Gasteiger partial charge in [0, 0.05) is 5.56 Å². The maximum atomic E-state index is 13.3. The lowest BCUT2D eigenvalue weighted by molar-refractivity contribution is 0.570. The summed E-state index contributed by atoms with van der Waals surface area (Å²) in [7, 11) is -4.05. The molecule has 0 bridgehead atoms. The number of oxazole rings is 1. The van der Waals surface area contributed by atoms with E-state index in [-0.39, 0.29) is 27.7 Å². The molecule has 4 rings (SSSR count). The van der Waals surface area contributed by atoms with Gasteiger partial charge in [-0.15, -0.1) is 0 Å². The largest absolute Gasteiger partial charge is 0.419 e. The highest BCUT2D eigenvalue weighted by Gasteiger charge is 2.29. The van der Waals surface area contributed by atoms with Gasteiger partial charge < -0.3 is 9.73 Å². The number of benzene rings is 3. The highest BCUT2D eigenvalue weighted by atomic mass is 32.2. The van der Waals surface area contributed by atoms with E-state index in [1.54, 1.807) is 6.07 Å². The van der Waals surface area contributed by atoms with E-state index in [0.29, 0.717) is 5.56 Å². The summed E-state index contributed by atoms with van der Waals surface area (Å²) >= 11 is 0. The third-order valence-electron chi connectivity index (χ3n) is 4.89. The van der Waals surface area contributed by atoms with Crippen LogP contribution in [-0.2, 0) is 9.84 Å². The second kappa shape index (κ2) is 8.35. The van der Waals surface area contributed by atoms with Gasteiger partial charge in [-0.05, 0) is 55.8 Å². The van der Waals surface area contributed by atoms with E-state index in [0.717, 1.165) is 23.3 Å². The number of aromatic nitrogens is 1. The molecule has 1 atom stereocenters. The Labute approximate surface area is 180 Å². The molecule has 1 N–H and O–H groups in total. The van der Waals surface area contributed by atoms with E-state index in [1.807, 2.05) is 62.4 Å². The van der Waals surface area contributed by atoms with Crippen molar-refractivity contribution in [1.82, 2.24) is 4.98 Å². The van der Waals surface area contributed by atoms with Crippen LogP contribution in [0.5, 0.6) is 0 Å². The lowest BCUT2D eigenvalue weighted by atomic mass is 10.1. The first-order valence-electron chi connectivity index (χ1n) is 9.74. The molecule has 0 saturated heterocycles. The summed E-state index contributed by atoms with van der Waals surface area (Å²) in [6, 6.07) is 21.4. The van der Waals surface area contributed by atoms with Crippen molar-refractivity contribution in [2.24, 2.45) is 0 Å². The van der Waals surface area contributed by atoms with Crippen LogP contribution in [0.2, 0.25) is 0 Å². The Hall–Kier alpha value is -3.45. The molecule has 158 valence electrons.